The molecule has 0 saturated heterocycles. The van der Waals surface area contributed by atoms with Gasteiger partial charge >= 0.3 is 0 Å². The molecule has 0 saturated carbocycles. The molecule has 1 amide bonds. The van der Waals surface area contributed by atoms with Gasteiger partial charge in [-0.25, -0.2) is 4.98 Å². The molecule has 0 radical (unpaired) electrons. The lowest BCUT2D eigenvalue weighted by Crippen LogP contribution is -2.40. The number of nitrogens with zero attached hydrogens (tertiary/aromatic N) is 4. The predicted octanol–water partition coefficient (Wildman–Crippen LogP) is 1.56. The number of hydrogen-bond donors (Lipinski definition) is 1. The monoisotopic (exact) mass is 425 g/mol. The van der Waals surface area contributed by atoms with Crippen molar-refractivity contribution in [1.29, 1.82) is 0 Å². The van der Waals surface area contributed by atoms with Crippen molar-refractivity contribution in [3.63, 3.8) is 0 Å². The van der Waals surface area contributed by atoms with Crippen molar-refractivity contribution >= 4 is 47.2 Å². The van der Waals surface area contributed by atoms with Crippen LogP contribution in [-0.2, 0) is 11.3 Å². The SMILES string of the molecule is CN=C(NCCC(=O)N(C)C)N(C)Cc1csc(C)n1.I. The molecule has 0 unspecified atom stereocenters. The highest BCUT2D eigenvalue weighted by atomic mass is 127. The van der Waals surface area contributed by atoms with Crippen LogP contribution in [-0.4, -0.2) is 61.4 Å². The number of carbonyl (C=O) groups is 1. The van der Waals surface area contributed by atoms with Gasteiger partial charge in [0.15, 0.2) is 5.96 Å². The third-order valence-corrected chi connectivity index (χ3v) is 3.58. The lowest BCUT2D eigenvalue weighted by molar-refractivity contribution is -0.128. The Labute approximate surface area is 147 Å². The van der Waals surface area contributed by atoms with Gasteiger partial charge < -0.3 is 15.1 Å². The van der Waals surface area contributed by atoms with Crippen molar-refractivity contribution in [2.24, 2.45) is 4.99 Å². The van der Waals surface area contributed by atoms with Crippen LogP contribution in [0.3, 0.4) is 0 Å². The van der Waals surface area contributed by atoms with Crippen molar-refractivity contribution in [1.82, 2.24) is 20.1 Å². The highest BCUT2D eigenvalue weighted by Crippen LogP contribution is 2.09. The van der Waals surface area contributed by atoms with Crippen molar-refractivity contribution in [2.75, 3.05) is 34.7 Å². The van der Waals surface area contributed by atoms with Crippen LogP contribution in [0.2, 0.25) is 0 Å². The fourth-order valence-electron chi connectivity index (χ4n) is 1.69. The Morgan fingerprint density at radius 3 is 2.57 bits per heavy atom. The van der Waals surface area contributed by atoms with E-state index in [1.807, 2.05) is 18.9 Å². The van der Waals surface area contributed by atoms with E-state index in [4.69, 9.17) is 0 Å². The molecule has 0 aliphatic rings. The Hall–Kier alpha value is -0.900. The van der Waals surface area contributed by atoms with Gasteiger partial charge in [-0.05, 0) is 6.92 Å². The molecule has 120 valence electrons. The lowest BCUT2D eigenvalue weighted by atomic mass is 10.4. The minimum Gasteiger partial charge on any atom is -0.356 e. The number of aliphatic imine (C=N–C) groups is 1. The first-order valence-corrected chi connectivity index (χ1v) is 7.35. The van der Waals surface area contributed by atoms with Crippen LogP contribution in [0.4, 0.5) is 0 Å². The quantitative estimate of drug-likeness (QED) is 0.442. The minimum absolute atomic E-state index is 0. The molecule has 0 aromatic carbocycles. The Morgan fingerprint density at radius 2 is 2.10 bits per heavy atom. The topological polar surface area (TPSA) is 60.8 Å². The molecule has 1 aromatic heterocycles. The first kappa shape index (κ1) is 20.1. The number of nitrogens with one attached hydrogen (secondary N) is 1. The molecule has 1 aromatic rings. The van der Waals surface area contributed by atoms with E-state index in [0.717, 1.165) is 16.7 Å². The molecule has 21 heavy (non-hydrogen) atoms. The maximum atomic E-state index is 11.5. The molecule has 8 heteroatoms. The number of amides is 1. The van der Waals surface area contributed by atoms with Crippen LogP contribution in [0.15, 0.2) is 10.4 Å². The van der Waals surface area contributed by atoms with Gasteiger partial charge in [0.05, 0.1) is 17.2 Å². The average Bonchev–Trinajstić information content (AvgIpc) is 2.79. The lowest BCUT2D eigenvalue weighted by Gasteiger charge is -2.21. The second-order valence-corrected chi connectivity index (χ2v) is 5.79. The number of aryl methyl sites for hydroxylation is 1. The van der Waals surface area contributed by atoms with Crippen molar-refractivity contribution in [3.05, 3.63) is 16.1 Å². The summed E-state index contributed by atoms with van der Waals surface area (Å²) < 4.78 is 0. The second-order valence-electron chi connectivity index (χ2n) is 4.73. The summed E-state index contributed by atoms with van der Waals surface area (Å²) in [4.78, 5) is 23.7. The van der Waals surface area contributed by atoms with Crippen LogP contribution in [0.25, 0.3) is 0 Å². The van der Waals surface area contributed by atoms with E-state index in [-0.39, 0.29) is 29.9 Å². The Bertz CT molecular complexity index is 475. The fourth-order valence-corrected chi connectivity index (χ4v) is 2.29. The normalized spacial score (nSPS) is 10.8. The number of carbonyl (C=O) groups excluding carboxylic acids is 1. The maximum Gasteiger partial charge on any atom is 0.223 e. The molecule has 0 bridgehead atoms. The molecule has 1 rings (SSSR count). The van der Waals surface area contributed by atoms with Crippen LogP contribution in [0.5, 0.6) is 0 Å². The van der Waals surface area contributed by atoms with Crippen LogP contribution >= 0.6 is 35.3 Å². The zero-order chi connectivity index (χ0) is 15.1. The number of guanidine groups is 1. The van der Waals surface area contributed by atoms with Gasteiger partial charge in [0.2, 0.25) is 5.91 Å². The Kier molecular flexibility index (Phi) is 9.51. The van der Waals surface area contributed by atoms with Crippen molar-refractivity contribution < 1.29 is 4.79 Å². The van der Waals surface area contributed by atoms with E-state index in [1.54, 1.807) is 37.4 Å². The van der Waals surface area contributed by atoms with Crippen molar-refractivity contribution in [2.45, 2.75) is 19.9 Å². The highest BCUT2D eigenvalue weighted by Gasteiger charge is 2.09. The molecule has 1 heterocycles. The van der Waals surface area contributed by atoms with Gasteiger partial charge in [-0.1, -0.05) is 0 Å². The molecule has 0 aliphatic heterocycles. The molecule has 1 N–H and O–H groups in total. The van der Waals surface area contributed by atoms with E-state index in [1.165, 1.54) is 0 Å². The summed E-state index contributed by atoms with van der Waals surface area (Å²) in [6.45, 7) is 3.27. The third-order valence-electron chi connectivity index (χ3n) is 2.76. The predicted molar refractivity (Wildman–Crippen MR) is 98.4 cm³/mol. The standard InChI is InChI=1S/C13H23N5OS.HI/c1-10-16-11(9-20-10)8-18(5)13(14-2)15-7-6-12(19)17(3)4;/h9H,6-8H2,1-5H3,(H,14,15);1H. The number of halogens is 1. The van der Waals surface area contributed by atoms with E-state index < -0.39 is 0 Å². The number of aromatic nitrogens is 1. The van der Waals surface area contributed by atoms with Gasteiger partial charge in [-0.15, -0.1) is 35.3 Å². The second kappa shape index (κ2) is 9.93. The molecular weight excluding hydrogens is 401 g/mol. The van der Waals surface area contributed by atoms with E-state index in [2.05, 4.69) is 20.7 Å². The van der Waals surface area contributed by atoms with Crippen molar-refractivity contribution in [3.8, 4) is 0 Å². The summed E-state index contributed by atoms with van der Waals surface area (Å²) in [6.07, 6.45) is 0.454. The zero-order valence-corrected chi connectivity index (χ0v) is 16.4. The Morgan fingerprint density at radius 1 is 1.43 bits per heavy atom. The average molecular weight is 425 g/mol. The number of rotatable bonds is 5. The van der Waals surface area contributed by atoms with Gasteiger partial charge in [-0.3, -0.25) is 9.79 Å². The first-order valence-electron chi connectivity index (χ1n) is 6.47. The van der Waals surface area contributed by atoms with E-state index >= 15 is 0 Å². The highest BCUT2D eigenvalue weighted by molar-refractivity contribution is 14.0. The number of hydrogen-bond acceptors (Lipinski definition) is 4. The summed E-state index contributed by atoms with van der Waals surface area (Å²) in [5.74, 6) is 0.868. The zero-order valence-electron chi connectivity index (χ0n) is 13.2. The van der Waals surface area contributed by atoms with Gasteiger partial charge in [-0.2, -0.15) is 0 Å². The van der Waals surface area contributed by atoms with Gasteiger partial charge in [0, 0.05) is 46.5 Å². The first-order chi connectivity index (χ1) is 9.43. The Balaban J connectivity index is 0.00000400. The molecule has 0 fully saturated rings. The van der Waals surface area contributed by atoms with Crippen LogP contribution in [0, 0.1) is 6.92 Å². The molecular formula is C13H24IN5OS. The maximum absolute atomic E-state index is 11.5. The van der Waals surface area contributed by atoms with Crippen LogP contribution in [0.1, 0.15) is 17.1 Å². The summed E-state index contributed by atoms with van der Waals surface area (Å²) in [5.41, 5.74) is 1.03. The smallest absolute Gasteiger partial charge is 0.223 e. The van der Waals surface area contributed by atoms with Gasteiger partial charge in [0.25, 0.3) is 0 Å². The molecule has 6 nitrogen and oxygen atoms in total. The van der Waals surface area contributed by atoms with E-state index in [9.17, 15) is 4.79 Å². The largest absolute Gasteiger partial charge is 0.356 e. The van der Waals surface area contributed by atoms with E-state index in [0.29, 0.717) is 19.5 Å². The summed E-state index contributed by atoms with van der Waals surface area (Å²) in [7, 11) is 7.21. The summed E-state index contributed by atoms with van der Waals surface area (Å²) >= 11 is 1.64. The number of thiazole rings is 1. The van der Waals surface area contributed by atoms with Crippen LogP contribution < -0.4 is 5.32 Å². The summed E-state index contributed by atoms with van der Waals surface area (Å²) in [6, 6.07) is 0. The van der Waals surface area contributed by atoms with Gasteiger partial charge in [0.1, 0.15) is 0 Å². The molecule has 0 spiro atoms. The molecule has 0 atom stereocenters. The third kappa shape index (κ3) is 7.07. The fraction of sp³-hybridized carbons (Fsp3) is 0.615. The summed E-state index contributed by atoms with van der Waals surface area (Å²) in [5, 5.41) is 6.30. The molecule has 0 aliphatic carbocycles. The minimum atomic E-state index is 0.